The molecule has 15 heavy (non-hydrogen) atoms. The third kappa shape index (κ3) is 2.56. The summed E-state index contributed by atoms with van der Waals surface area (Å²) in [5, 5.41) is 6.74. The van der Waals surface area contributed by atoms with Crippen LogP contribution in [0.4, 0.5) is 0 Å². The molecule has 0 aliphatic carbocycles. The van der Waals surface area contributed by atoms with Crippen LogP contribution in [0.5, 0.6) is 0 Å². The monoisotopic (exact) mass is 225 g/mol. The Morgan fingerprint density at radius 2 is 2.53 bits per heavy atom. The quantitative estimate of drug-likeness (QED) is 0.851. The molecule has 0 radical (unpaired) electrons. The first-order valence-corrected chi connectivity index (χ1v) is 6.49. The van der Waals surface area contributed by atoms with E-state index in [2.05, 4.69) is 34.6 Å². The predicted octanol–water partition coefficient (Wildman–Crippen LogP) is 1.89. The molecule has 0 bridgehead atoms. The van der Waals surface area contributed by atoms with E-state index in [1.165, 1.54) is 24.4 Å². The van der Waals surface area contributed by atoms with Gasteiger partial charge in [0.2, 0.25) is 0 Å². The summed E-state index contributed by atoms with van der Waals surface area (Å²) in [5.74, 6) is 0. The summed E-state index contributed by atoms with van der Waals surface area (Å²) >= 11 is 1.75. The highest BCUT2D eigenvalue weighted by molar-refractivity contribution is 7.09. The molecule has 1 aromatic heterocycles. The van der Waals surface area contributed by atoms with Crippen LogP contribution < -0.4 is 5.32 Å². The Labute approximate surface area is 95.5 Å². The van der Waals surface area contributed by atoms with Gasteiger partial charge in [0.05, 0.1) is 6.04 Å². The van der Waals surface area contributed by atoms with Gasteiger partial charge in [0.15, 0.2) is 0 Å². The van der Waals surface area contributed by atoms with E-state index in [4.69, 9.17) is 0 Å². The highest BCUT2D eigenvalue weighted by Crippen LogP contribution is 2.24. The van der Waals surface area contributed by atoms with E-state index in [-0.39, 0.29) is 0 Å². The fourth-order valence-corrected chi connectivity index (χ4v) is 2.86. The molecule has 0 amide bonds. The molecule has 1 aliphatic rings. The molecule has 2 heterocycles. The Morgan fingerprint density at radius 3 is 3.13 bits per heavy atom. The van der Waals surface area contributed by atoms with E-state index in [0.29, 0.717) is 12.1 Å². The van der Waals surface area contributed by atoms with Crippen molar-refractivity contribution in [2.45, 2.75) is 31.8 Å². The number of aromatic nitrogens is 1. The first kappa shape index (κ1) is 11.0. The van der Waals surface area contributed by atoms with Gasteiger partial charge in [-0.3, -0.25) is 4.90 Å². The van der Waals surface area contributed by atoms with Gasteiger partial charge in [0.25, 0.3) is 0 Å². The number of piperidine rings is 1. The van der Waals surface area contributed by atoms with Crippen LogP contribution in [-0.4, -0.2) is 36.1 Å². The number of hydrogen-bond donors (Lipinski definition) is 1. The zero-order chi connectivity index (χ0) is 10.7. The molecule has 3 nitrogen and oxygen atoms in total. The van der Waals surface area contributed by atoms with Crippen molar-refractivity contribution in [3.05, 3.63) is 16.6 Å². The first-order chi connectivity index (χ1) is 7.29. The van der Waals surface area contributed by atoms with Gasteiger partial charge in [0, 0.05) is 24.2 Å². The van der Waals surface area contributed by atoms with Crippen molar-refractivity contribution in [2.75, 3.05) is 20.1 Å². The number of nitrogens with one attached hydrogen (secondary N) is 1. The largest absolute Gasteiger partial charge is 0.315 e. The standard InChI is InChI=1S/C11H19N3S/c1-9(11-13-6-7-15-11)14(2)10-4-3-5-12-8-10/h6-7,9-10,12H,3-5,8H2,1-2H3/t9-,10-/m0/s1. The summed E-state index contributed by atoms with van der Waals surface area (Å²) in [4.78, 5) is 6.84. The summed E-state index contributed by atoms with van der Waals surface area (Å²) in [6.45, 7) is 4.54. The van der Waals surface area contributed by atoms with E-state index in [1.807, 2.05) is 6.20 Å². The maximum atomic E-state index is 4.39. The first-order valence-electron chi connectivity index (χ1n) is 5.61. The van der Waals surface area contributed by atoms with Crippen LogP contribution >= 0.6 is 11.3 Å². The fraction of sp³-hybridized carbons (Fsp3) is 0.727. The lowest BCUT2D eigenvalue weighted by Gasteiger charge is -2.35. The third-order valence-electron chi connectivity index (χ3n) is 3.27. The molecule has 84 valence electrons. The van der Waals surface area contributed by atoms with Crippen LogP contribution in [0.3, 0.4) is 0 Å². The van der Waals surface area contributed by atoms with Crippen molar-refractivity contribution in [3.63, 3.8) is 0 Å². The predicted molar refractivity (Wildman–Crippen MR) is 64.2 cm³/mol. The SMILES string of the molecule is C[C@@H](c1nccs1)N(C)[C@H]1CCCNC1. The third-order valence-corrected chi connectivity index (χ3v) is 4.21. The van der Waals surface area contributed by atoms with Crippen molar-refractivity contribution in [1.29, 1.82) is 0 Å². The average molecular weight is 225 g/mol. The number of nitrogens with zero attached hydrogens (tertiary/aromatic N) is 2. The van der Waals surface area contributed by atoms with Crippen molar-refractivity contribution in [3.8, 4) is 0 Å². The van der Waals surface area contributed by atoms with Gasteiger partial charge in [-0.25, -0.2) is 4.98 Å². The average Bonchev–Trinajstić information content (AvgIpc) is 2.82. The molecule has 0 unspecified atom stereocenters. The fourth-order valence-electron chi connectivity index (χ4n) is 2.11. The molecule has 1 aliphatic heterocycles. The van der Waals surface area contributed by atoms with Crippen LogP contribution in [0.15, 0.2) is 11.6 Å². The van der Waals surface area contributed by atoms with Crippen LogP contribution in [0, 0.1) is 0 Å². The number of thiazole rings is 1. The minimum atomic E-state index is 0.440. The van der Waals surface area contributed by atoms with Gasteiger partial charge in [0.1, 0.15) is 5.01 Å². The van der Waals surface area contributed by atoms with Crippen LogP contribution in [0.2, 0.25) is 0 Å². The molecule has 2 atom stereocenters. The highest BCUT2D eigenvalue weighted by atomic mass is 32.1. The van der Waals surface area contributed by atoms with E-state index in [0.717, 1.165) is 6.54 Å². The molecule has 0 aromatic carbocycles. The van der Waals surface area contributed by atoms with Crippen LogP contribution in [0.1, 0.15) is 30.8 Å². The molecular formula is C11H19N3S. The molecule has 1 N–H and O–H groups in total. The van der Waals surface area contributed by atoms with Gasteiger partial charge >= 0.3 is 0 Å². The van der Waals surface area contributed by atoms with Crippen molar-refractivity contribution < 1.29 is 0 Å². The van der Waals surface area contributed by atoms with E-state index in [1.54, 1.807) is 11.3 Å². The molecule has 1 aromatic rings. The lowest BCUT2D eigenvalue weighted by molar-refractivity contribution is 0.156. The zero-order valence-corrected chi connectivity index (χ0v) is 10.3. The summed E-state index contributed by atoms with van der Waals surface area (Å²) in [7, 11) is 2.21. The summed E-state index contributed by atoms with van der Waals surface area (Å²) in [6, 6.07) is 1.10. The molecule has 2 rings (SSSR count). The smallest absolute Gasteiger partial charge is 0.109 e. The van der Waals surface area contributed by atoms with E-state index in [9.17, 15) is 0 Å². The van der Waals surface area contributed by atoms with E-state index < -0.39 is 0 Å². The molecule has 4 heteroatoms. The van der Waals surface area contributed by atoms with Gasteiger partial charge in [-0.2, -0.15) is 0 Å². The summed E-state index contributed by atoms with van der Waals surface area (Å²) < 4.78 is 0. The lowest BCUT2D eigenvalue weighted by Crippen LogP contribution is -2.45. The van der Waals surface area contributed by atoms with Crippen LogP contribution in [0.25, 0.3) is 0 Å². The molecule has 0 saturated carbocycles. The van der Waals surface area contributed by atoms with E-state index >= 15 is 0 Å². The molecule has 1 fully saturated rings. The molecule has 0 spiro atoms. The Kier molecular flexibility index (Phi) is 3.72. The zero-order valence-electron chi connectivity index (χ0n) is 9.44. The maximum absolute atomic E-state index is 4.39. The van der Waals surface area contributed by atoms with Crippen molar-refractivity contribution >= 4 is 11.3 Å². The normalized spacial score (nSPS) is 24.3. The summed E-state index contributed by atoms with van der Waals surface area (Å²) in [5.41, 5.74) is 0. The van der Waals surface area contributed by atoms with Gasteiger partial charge in [-0.1, -0.05) is 0 Å². The van der Waals surface area contributed by atoms with Gasteiger partial charge < -0.3 is 5.32 Å². The number of hydrogen-bond acceptors (Lipinski definition) is 4. The highest BCUT2D eigenvalue weighted by Gasteiger charge is 2.23. The minimum absolute atomic E-state index is 0.440. The molecular weight excluding hydrogens is 206 g/mol. The lowest BCUT2D eigenvalue weighted by atomic mass is 10.1. The van der Waals surface area contributed by atoms with Crippen LogP contribution in [-0.2, 0) is 0 Å². The van der Waals surface area contributed by atoms with Gasteiger partial charge in [-0.15, -0.1) is 11.3 Å². The second-order valence-corrected chi connectivity index (χ2v) is 5.14. The minimum Gasteiger partial charge on any atom is -0.315 e. The second-order valence-electron chi connectivity index (χ2n) is 4.21. The number of likely N-dealkylation sites (N-methyl/N-ethyl adjacent to an activating group) is 1. The summed E-state index contributed by atoms with van der Waals surface area (Å²) in [6.07, 6.45) is 4.49. The second kappa shape index (κ2) is 5.05. The Hall–Kier alpha value is -0.450. The maximum Gasteiger partial charge on any atom is 0.109 e. The topological polar surface area (TPSA) is 28.2 Å². The van der Waals surface area contributed by atoms with Crippen molar-refractivity contribution in [1.82, 2.24) is 15.2 Å². The Morgan fingerprint density at radius 1 is 1.67 bits per heavy atom. The molecule has 1 saturated heterocycles. The Balaban J connectivity index is 1.97. The number of rotatable bonds is 3. The Bertz CT molecular complexity index is 280. The van der Waals surface area contributed by atoms with Gasteiger partial charge in [-0.05, 0) is 33.4 Å². The van der Waals surface area contributed by atoms with Crippen molar-refractivity contribution in [2.24, 2.45) is 0 Å².